The third-order valence-corrected chi connectivity index (χ3v) is 1.55. The Labute approximate surface area is 99.8 Å². The number of hydrogen-bond acceptors (Lipinski definition) is 8. The van der Waals surface area contributed by atoms with Crippen molar-refractivity contribution in [2.75, 3.05) is 0 Å². The van der Waals surface area contributed by atoms with Gasteiger partial charge in [0.05, 0.1) is 12.4 Å². The molecule has 0 bridgehead atoms. The average Bonchev–Trinajstić information content (AvgIpc) is 2.99. The average molecular weight is 250 g/mol. The van der Waals surface area contributed by atoms with Crippen LogP contribution in [0.15, 0.2) is 45.9 Å². The summed E-state index contributed by atoms with van der Waals surface area (Å²) >= 11 is 0. The van der Waals surface area contributed by atoms with E-state index in [1.165, 1.54) is 24.9 Å². The summed E-state index contributed by atoms with van der Waals surface area (Å²) in [6.07, 6.45) is 6.38. The lowest BCUT2D eigenvalue weighted by Crippen LogP contribution is -2.08. The number of hydrogen-bond donors (Lipinski definition) is 0. The Morgan fingerprint density at radius 1 is 0.944 bits per heavy atom. The van der Waals surface area contributed by atoms with Crippen molar-refractivity contribution in [1.82, 2.24) is 9.97 Å². The van der Waals surface area contributed by atoms with Crippen LogP contribution < -0.4 is 9.47 Å². The molecule has 2 heterocycles. The molecule has 0 spiro atoms. The number of nitrogens with zero attached hydrogens (tertiary/aromatic N) is 2. The molecule has 0 aliphatic carbocycles. The first kappa shape index (κ1) is 11.6. The quantitative estimate of drug-likeness (QED) is 0.577. The van der Waals surface area contributed by atoms with Crippen LogP contribution in [0.4, 0.5) is 0 Å². The Bertz CT molecular complexity index is 493. The highest BCUT2D eigenvalue weighted by Crippen LogP contribution is 2.06. The first-order chi connectivity index (χ1) is 8.74. The molecule has 18 heavy (non-hydrogen) atoms. The van der Waals surface area contributed by atoms with Crippen molar-refractivity contribution in [3.8, 4) is 12.2 Å². The standard InChI is InChI=1S/C10H6N2O6/c13-7(17-9-11-3-5-15-9)1-2-8(14)18-10-12-4-6-16-10/h1-6H/b2-1-. The van der Waals surface area contributed by atoms with Gasteiger partial charge in [-0.2, -0.15) is 9.97 Å². The van der Waals surface area contributed by atoms with Gasteiger partial charge < -0.3 is 18.3 Å². The van der Waals surface area contributed by atoms with E-state index in [9.17, 15) is 9.59 Å². The molecule has 0 fully saturated rings. The van der Waals surface area contributed by atoms with E-state index in [0.29, 0.717) is 0 Å². The first-order valence-corrected chi connectivity index (χ1v) is 4.65. The first-order valence-electron chi connectivity index (χ1n) is 4.65. The van der Waals surface area contributed by atoms with Gasteiger partial charge in [-0.05, 0) is 0 Å². The zero-order valence-corrected chi connectivity index (χ0v) is 8.81. The maximum Gasteiger partial charge on any atom is 0.401 e. The largest absolute Gasteiger partial charge is 0.417 e. The lowest BCUT2D eigenvalue weighted by atomic mass is 10.5. The minimum absolute atomic E-state index is 0.217. The number of rotatable bonds is 4. The Hall–Kier alpha value is -2.90. The van der Waals surface area contributed by atoms with Crippen molar-refractivity contribution < 1.29 is 27.9 Å². The summed E-state index contributed by atoms with van der Waals surface area (Å²) in [6, 6.07) is 0. The van der Waals surface area contributed by atoms with Gasteiger partial charge in [0.15, 0.2) is 0 Å². The Kier molecular flexibility index (Phi) is 3.50. The lowest BCUT2D eigenvalue weighted by molar-refractivity contribution is -0.133. The van der Waals surface area contributed by atoms with Crippen molar-refractivity contribution in [3.63, 3.8) is 0 Å². The van der Waals surface area contributed by atoms with Gasteiger partial charge in [-0.25, -0.2) is 9.59 Å². The van der Waals surface area contributed by atoms with Crippen molar-refractivity contribution in [2.45, 2.75) is 0 Å². The normalized spacial score (nSPS) is 10.4. The van der Waals surface area contributed by atoms with E-state index in [4.69, 9.17) is 0 Å². The molecule has 0 saturated heterocycles. The highest BCUT2D eigenvalue weighted by atomic mass is 16.6. The lowest BCUT2D eigenvalue weighted by Gasteiger charge is -1.94. The second-order valence-corrected chi connectivity index (χ2v) is 2.77. The van der Waals surface area contributed by atoms with Crippen molar-refractivity contribution in [2.24, 2.45) is 0 Å². The van der Waals surface area contributed by atoms with E-state index in [1.807, 2.05) is 0 Å². The fraction of sp³-hybridized carbons (Fsp3) is 0. The molecule has 2 rings (SSSR count). The summed E-state index contributed by atoms with van der Waals surface area (Å²) in [7, 11) is 0. The van der Waals surface area contributed by atoms with Gasteiger partial charge in [0.2, 0.25) is 0 Å². The fourth-order valence-corrected chi connectivity index (χ4v) is 0.898. The maximum atomic E-state index is 11.2. The number of esters is 2. The van der Waals surface area contributed by atoms with Gasteiger partial charge in [0, 0.05) is 12.2 Å². The molecule has 0 radical (unpaired) electrons. The monoisotopic (exact) mass is 250 g/mol. The fourth-order valence-electron chi connectivity index (χ4n) is 0.898. The number of carbonyl (C=O) groups is 2. The molecule has 0 aromatic carbocycles. The molecule has 8 nitrogen and oxygen atoms in total. The Morgan fingerprint density at radius 2 is 1.39 bits per heavy atom. The predicted molar refractivity (Wildman–Crippen MR) is 53.4 cm³/mol. The van der Waals surface area contributed by atoms with Crippen LogP contribution in [0.2, 0.25) is 0 Å². The maximum absolute atomic E-state index is 11.2. The molecule has 92 valence electrons. The Balaban J connectivity index is 1.83. The van der Waals surface area contributed by atoms with Crippen LogP contribution in [-0.2, 0) is 9.59 Å². The molecule has 0 atom stereocenters. The second-order valence-electron chi connectivity index (χ2n) is 2.77. The summed E-state index contributed by atoms with van der Waals surface area (Å²) in [5.74, 6) is -1.66. The molecule has 2 aromatic rings. The van der Waals surface area contributed by atoms with E-state index >= 15 is 0 Å². The van der Waals surface area contributed by atoms with Crippen LogP contribution in [0.1, 0.15) is 0 Å². The third kappa shape index (κ3) is 3.30. The van der Waals surface area contributed by atoms with Gasteiger partial charge >= 0.3 is 24.1 Å². The molecule has 0 unspecified atom stereocenters. The predicted octanol–water partition coefficient (Wildman–Crippen LogP) is 0.730. The van der Waals surface area contributed by atoms with Gasteiger partial charge in [-0.1, -0.05) is 0 Å². The van der Waals surface area contributed by atoms with Crippen molar-refractivity contribution in [3.05, 3.63) is 37.1 Å². The smallest absolute Gasteiger partial charge is 0.401 e. The number of oxazole rings is 2. The minimum atomic E-state index is -0.832. The highest BCUT2D eigenvalue weighted by molar-refractivity contribution is 5.92. The summed E-state index contributed by atoms with van der Waals surface area (Å²) in [5, 5.41) is 0. The van der Waals surface area contributed by atoms with Crippen LogP contribution in [0.3, 0.4) is 0 Å². The van der Waals surface area contributed by atoms with E-state index in [-0.39, 0.29) is 12.2 Å². The molecule has 0 N–H and O–H groups in total. The van der Waals surface area contributed by atoms with E-state index < -0.39 is 11.9 Å². The highest BCUT2D eigenvalue weighted by Gasteiger charge is 2.07. The molecule has 0 saturated carbocycles. The van der Waals surface area contributed by atoms with Crippen LogP contribution in [0.5, 0.6) is 12.2 Å². The topological polar surface area (TPSA) is 105 Å². The van der Waals surface area contributed by atoms with Gasteiger partial charge in [-0.3, -0.25) is 0 Å². The zero-order chi connectivity index (χ0) is 12.8. The summed E-state index contributed by atoms with van der Waals surface area (Å²) in [4.78, 5) is 29.4. The second kappa shape index (κ2) is 5.43. The number of aromatic nitrogens is 2. The van der Waals surface area contributed by atoms with Gasteiger partial charge in [-0.15, -0.1) is 0 Å². The molecule has 0 aliphatic rings. The molecule has 2 aromatic heterocycles. The summed E-state index contributed by atoms with van der Waals surface area (Å²) < 4.78 is 18.5. The number of carbonyl (C=O) groups excluding carboxylic acids is 2. The number of ether oxygens (including phenoxy) is 2. The molecule has 8 heteroatoms. The Morgan fingerprint density at radius 3 is 1.72 bits per heavy atom. The molecular weight excluding hydrogens is 244 g/mol. The van der Waals surface area contributed by atoms with Gasteiger partial charge in [0.25, 0.3) is 0 Å². The van der Waals surface area contributed by atoms with Crippen LogP contribution in [0, 0.1) is 0 Å². The van der Waals surface area contributed by atoms with E-state index in [2.05, 4.69) is 28.3 Å². The summed E-state index contributed by atoms with van der Waals surface area (Å²) in [5.41, 5.74) is 0. The SMILES string of the molecule is O=C(/C=C\C(=O)Oc1ncco1)Oc1ncco1. The molecule has 0 amide bonds. The van der Waals surface area contributed by atoms with Gasteiger partial charge in [0.1, 0.15) is 12.5 Å². The third-order valence-electron chi connectivity index (χ3n) is 1.55. The van der Waals surface area contributed by atoms with Crippen LogP contribution in [-0.4, -0.2) is 21.9 Å². The van der Waals surface area contributed by atoms with E-state index in [0.717, 1.165) is 12.2 Å². The van der Waals surface area contributed by atoms with E-state index in [1.54, 1.807) is 0 Å². The van der Waals surface area contributed by atoms with Crippen LogP contribution >= 0.6 is 0 Å². The summed E-state index contributed by atoms with van der Waals surface area (Å²) in [6.45, 7) is 0. The molecule has 0 aliphatic heterocycles. The van der Waals surface area contributed by atoms with Crippen LogP contribution in [0.25, 0.3) is 0 Å². The zero-order valence-electron chi connectivity index (χ0n) is 8.81. The van der Waals surface area contributed by atoms with Crippen molar-refractivity contribution >= 4 is 11.9 Å². The minimum Gasteiger partial charge on any atom is -0.417 e. The van der Waals surface area contributed by atoms with Crippen molar-refractivity contribution in [1.29, 1.82) is 0 Å². The molecular formula is C10H6N2O6.